The number of carbonyl (C=O) groups excluding carboxylic acids is 2. The maximum atomic E-state index is 12.8. The lowest BCUT2D eigenvalue weighted by Gasteiger charge is -2.28. The van der Waals surface area contributed by atoms with Gasteiger partial charge in [0, 0.05) is 12.8 Å². The van der Waals surface area contributed by atoms with Crippen molar-refractivity contribution in [2.24, 2.45) is 0 Å². The number of esters is 2. The van der Waals surface area contributed by atoms with E-state index in [9.17, 15) is 19.0 Å². The number of allylic oxidation sites excluding steroid dienone is 14. The number of rotatable bonds is 54. The number of likely N-dealkylation sites (N-methyl/N-ethyl adjacent to an activating group) is 1. The van der Waals surface area contributed by atoms with E-state index in [2.05, 4.69) is 98.9 Å². The van der Waals surface area contributed by atoms with Crippen molar-refractivity contribution >= 4 is 19.8 Å². The summed E-state index contributed by atoms with van der Waals surface area (Å²) in [6.07, 6.45) is 72.0. The molecule has 0 spiro atoms. The van der Waals surface area contributed by atoms with Gasteiger partial charge in [-0.2, -0.15) is 0 Å². The van der Waals surface area contributed by atoms with Gasteiger partial charge in [0.15, 0.2) is 6.10 Å². The number of phosphoric acid groups is 1. The molecular weight excluding hydrogens is 930 g/mol. The lowest BCUT2D eigenvalue weighted by atomic mass is 10.0. The Bertz CT molecular complexity index is 1510. The van der Waals surface area contributed by atoms with E-state index < -0.39 is 26.5 Å². The normalized spacial score (nSPS) is 13.9. The Labute approximate surface area is 450 Å². The van der Waals surface area contributed by atoms with Crippen molar-refractivity contribution in [3.05, 3.63) is 85.1 Å². The maximum Gasteiger partial charge on any atom is 0.306 e. The molecule has 0 bridgehead atoms. The van der Waals surface area contributed by atoms with Gasteiger partial charge < -0.3 is 27.9 Å². The number of carbonyl (C=O) groups is 2. The Morgan fingerprint density at radius 2 is 0.781 bits per heavy atom. The molecule has 0 fully saturated rings. The van der Waals surface area contributed by atoms with Crippen LogP contribution >= 0.6 is 7.82 Å². The van der Waals surface area contributed by atoms with Crippen LogP contribution in [-0.4, -0.2) is 70.0 Å². The predicted octanol–water partition coefficient (Wildman–Crippen LogP) is 18.0. The van der Waals surface area contributed by atoms with Crippen LogP contribution in [-0.2, 0) is 32.7 Å². The summed E-state index contributed by atoms with van der Waals surface area (Å²) >= 11 is 0. The number of unbranched alkanes of at least 4 members (excludes halogenated alkanes) is 26. The summed E-state index contributed by atoms with van der Waals surface area (Å²) in [7, 11) is 1.16. The SMILES string of the molecule is CC/C=C\C/C=C\C/C=C\C/C=C\C/C=C\C/C=C\C/C=C\CCCCCCCCCCCC(=O)OC(COC(=O)CCCCCCCCCCCCCCCCCCCC)COP(=O)([O-])OCC[N+](C)(C)C. The zero-order chi connectivity index (χ0) is 53.5. The van der Waals surface area contributed by atoms with Crippen molar-refractivity contribution in [3.63, 3.8) is 0 Å². The molecule has 0 aliphatic heterocycles. The molecule has 2 unspecified atom stereocenters. The van der Waals surface area contributed by atoms with Crippen molar-refractivity contribution < 1.29 is 42.1 Å². The number of ether oxygens (including phenoxy) is 2. The van der Waals surface area contributed by atoms with Gasteiger partial charge >= 0.3 is 11.9 Å². The highest BCUT2D eigenvalue weighted by atomic mass is 31.2. The minimum absolute atomic E-state index is 0.0342. The van der Waals surface area contributed by atoms with Crippen molar-refractivity contribution in [2.75, 3.05) is 47.5 Å². The van der Waals surface area contributed by atoms with Crippen LogP contribution in [0.25, 0.3) is 0 Å². The molecule has 0 saturated heterocycles. The summed E-state index contributed by atoms with van der Waals surface area (Å²) in [5, 5.41) is 0. The largest absolute Gasteiger partial charge is 0.756 e. The zero-order valence-electron chi connectivity index (χ0n) is 47.8. The molecular formula is C63H112NO8P. The molecule has 0 N–H and O–H groups in total. The third-order valence-electron chi connectivity index (χ3n) is 12.7. The molecule has 0 heterocycles. The lowest BCUT2D eigenvalue weighted by molar-refractivity contribution is -0.870. The van der Waals surface area contributed by atoms with Gasteiger partial charge in [0.1, 0.15) is 19.8 Å². The van der Waals surface area contributed by atoms with Gasteiger partial charge in [0.05, 0.1) is 27.7 Å². The summed E-state index contributed by atoms with van der Waals surface area (Å²) in [5.41, 5.74) is 0. The van der Waals surface area contributed by atoms with Crippen LogP contribution in [0.15, 0.2) is 85.1 Å². The van der Waals surface area contributed by atoms with Gasteiger partial charge in [-0.05, 0) is 70.6 Å². The van der Waals surface area contributed by atoms with E-state index in [1.807, 2.05) is 21.1 Å². The number of phosphoric ester groups is 1. The zero-order valence-corrected chi connectivity index (χ0v) is 48.7. The van der Waals surface area contributed by atoms with Gasteiger partial charge in [-0.3, -0.25) is 14.2 Å². The monoisotopic (exact) mass is 1040 g/mol. The molecule has 0 aliphatic rings. The highest BCUT2D eigenvalue weighted by molar-refractivity contribution is 7.45. The fraction of sp³-hybridized carbons (Fsp3) is 0.746. The molecule has 0 aliphatic carbocycles. The average molecular weight is 1040 g/mol. The van der Waals surface area contributed by atoms with Crippen LogP contribution < -0.4 is 4.89 Å². The van der Waals surface area contributed by atoms with Gasteiger partial charge in [0.25, 0.3) is 7.82 Å². The lowest BCUT2D eigenvalue weighted by Crippen LogP contribution is -2.37. The first-order chi connectivity index (χ1) is 35.5. The van der Waals surface area contributed by atoms with Gasteiger partial charge in [-0.15, -0.1) is 0 Å². The molecule has 422 valence electrons. The first-order valence-electron chi connectivity index (χ1n) is 29.8. The standard InChI is InChI=1S/C63H112NO8P/c1-6-8-10-12-14-16-18-20-22-24-26-27-28-29-30-31-32-33-34-35-36-37-38-40-42-44-46-48-50-52-54-56-63(66)72-61(60-71-73(67,68)70-58-57-64(3,4)5)59-69-62(65)55-53-51-49-47-45-43-41-39-25-23-21-19-17-15-13-11-9-7-2/h8,10,14,16,20,22,26-27,29-30,32-33,35-36,61H,6-7,9,11-13,15,17-19,21,23-25,28,31,34,37-60H2,1-5H3/b10-8-,16-14-,22-20-,27-26-,30-29-,33-32-,36-35-. The Morgan fingerprint density at radius 1 is 0.438 bits per heavy atom. The minimum atomic E-state index is -4.64. The smallest absolute Gasteiger partial charge is 0.306 e. The van der Waals surface area contributed by atoms with Crippen molar-refractivity contribution in [2.45, 2.75) is 258 Å². The highest BCUT2D eigenvalue weighted by Crippen LogP contribution is 2.38. The van der Waals surface area contributed by atoms with E-state index in [-0.39, 0.29) is 32.0 Å². The van der Waals surface area contributed by atoms with Crippen molar-refractivity contribution in [1.29, 1.82) is 0 Å². The predicted molar refractivity (Wildman–Crippen MR) is 309 cm³/mol. The molecule has 2 atom stereocenters. The van der Waals surface area contributed by atoms with Crippen LogP contribution in [0.2, 0.25) is 0 Å². The Morgan fingerprint density at radius 3 is 1.16 bits per heavy atom. The Balaban J connectivity index is 4.16. The second-order valence-electron chi connectivity index (χ2n) is 21.0. The van der Waals surface area contributed by atoms with Gasteiger partial charge in [0.2, 0.25) is 0 Å². The number of nitrogens with zero attached hydrogens (tertiary/aromatic N) is 1. The van der Waals surface area contributed by atoms with Crippen LogP contribution in [0, 0.1) is 0 Å². The molecule has 0 amide bonds. The topological polar surface area (TPSA) is 111 Å². The van der Waals surface area contributed by atoms with E-state index in [4.69, 9.17) is 18.5 Å². The second kappa shape index (κ2) is 54.0. The maximum absolute atomic E-state index is 12.8. The molecule has 0 aromatic rings. The van der Waals surface area contributed by atoms with E-state index in [0.717, 1.165) is 89.9 Å². The third kappa shape index (κ3) is 58.3. The first kappa shape index (κ1) is 70.2. The van der Waals surface area contributed by atoms with E-state index >= 15 is 0 Å². The summed E-state index contributed by atoms with van der Waals surface area (Å²) in [6, 6.07) is 0. The summed E-state index contributed by atoms with van der Waals surface area (Å²) in [4.78, 5) is 37.9. The summed E-state index contributed by atoms with van der Waals surface area (Å²) in [5.74, 6) is -0.835. The van der Waals surface area contributed by atoms with E-state index in [1.54, 1.807) is 0 Å². The summed E-state index contributed by atoms with van der Waals surface area (Å²) in [6.45, 7) is 4.14. The molecule has 0 saturated carbocycles. The van der Waals surface area contributed by atoms with Gasteiger partial charge in [-0.25, -0.2) is 0 Å². The average Bonchev–Trinajstić information content (AvgIpc) is 3.35. The Kier molecular flexibility index (Phi) is 51.9. The van der Waals surface area contributed by atoms with Crippen LogP contribution in [0.5, 0.6) is 0 Å². The minimum Gasteiger partial charge on any atom is -0.756 e. The molecule has 0 radical (unpaired) electrons. The number of hydrogen-bond donors (Lipinski definition) is 0. The van der Waals surface area contributed by atoms with E-state index in [1.165, 1.54) is 128 Å². The number of hydrogen-bond acceptors (Lipinski definition) is 8. The van der Waals surface area contributed by atoms with Crippen LogP contribution in [0.4, 0.5) is 0 Å². The van der Waals surface area contributed by atoms with Gasteiger partial charge in [-0.1, -0.05) is 253 Å². The molecule has 0 aromatic carbocycles. The third-order valence-corrected chi connectivity index (χ3v) is 13.6. The quantitative estimate of drug-likeness (QED) is 0.0195. The first-order valence-corrected chi connectivity index (χ1v) is 31.3. The van der Waals surface area contributed by atoms with E-state index in [0.29, 0.717) is 17.4 Å². The van der Waals surface area contributed by atoms with Crippen LogP contribution in [0.3, 0.4) is 0 Å². The summed E-state index contributed by atoms with van der Waals surface area (Å²) < 4.78 is 34.2. The number of quaternary nitrogens is 1. The van der Waals surface area contributed by atoms with Crippen molar-refractivity contribution in [3.8, 4) is 0 Å². The fourth-order valence-electron chi connectivity index (χ4n) is 8.11. The molecule has 9 nitrogen and oxygen atoms in total. The Hall–Kier alpha value is -2.81. The fourth-order valence-corrected chi connectivity index (χ4v) is 8.84. The molecule has 0 aromatic heterocycles. The molecule has 73 heavy (non-hydrogen) atoms. The molecule has 0 rings (SSSR count). The van der Waals surface area contributed by atoms with Crippen molar-refractivity contribution in [1.82, 2.24) is 0 Å². The van der Waals surface area contributed by atoms with Crippen LogP contribution in [0.1, 0.15) is 251 Å². The highest BCUT2D eigenvalue weighted by Gasteiger charge is 2.22. The second-order valence-corrected chi connectivity index (χ2v) is 22.4. The molecule has 10 heteroatoms.